The quantitative estimate of drug-likeness (QED) is 0.327. The summed E-state index contributed by atoms with van der Waals surface area (Å²) in [5.41, 5.74) is 1.51. The number of anilines is 1. The van der Waals surface area contributed by atoms with Gasteiger partial charge in [0.1, 0.15) is 17.6 Å². The lowest BCUT2D eigenvalue weighted by Crippen LogP contribution is -2.19. The lowest BCUT2D eigenvalue weighted by Gasteiger charge is -2.16. The molecule has 3 aromatic rings. The molecule has 2 aromatic carbocycles. The summed E-state index contributed by atoms with van der Waals surface area (Å²) in [6.07, 6.45) is 2.05. The summed E-state index contributed by atoms with van der Waals surface area (Å²) < 4.78 is 17.7. The number of aromatic nitrogens is 1. The molecule has 0 spiro atoms. The first-order valence-corrected chi connectivity index (χ1v) is 12.3. The molecule has 1 amide bonds. The van der Waals surface area contributed by atoms with Crippen LogP contribution < -0.4 is 14.8 Å². The van der Waals surface area contributed by atoms with Gasteiger partial charge in [0.25, 0.3) is 5.91 Å². The van der Waals surface area contributed by atoms with Crippen molar-refractivity contribution in [3.05, 3.63) is 65.9 Å². The van der Waals surface area contributed by atoms with Crippen molar-refractivity contribution in [3.8, 4) is 11.5 Å². The van der Waals surface area contributed by atoms with Crippen LogP contribution in [-0.2, 0) is 16.0 Å². The second kappa shape index (κ2) is 13.0. The number of carboxylic acid groups (broad SMARTS) is 1. The Balaban J connectivity index is 1.71. The third kappa shape index (κ3) is 8.36. The predicted molar refractivity (Wildman–Crippen MR) is 132 cm³/mol. The van der Waals surface area contributed by atoms with Crippen LogP contribution in [0.1, 0.15) is 22.8 Å². The number of aliphatic carboxylic acids is 1. The fraction of sp³-hybridized carbons (Fsp3) is 0.292. The highest BCUT2D eigenvalue weighted by molar-refractivity contribution is 8.01. The molecule has 0 aliphatic rings. The maximum Gasteiger partial charge on any atom is 0.313 e. The van der Waals surface area contributed by atoms with Gasteiger partial charge in [-0.15, -0.1) is 11.8 Å². The summed E-state index contributed by atoms with van der Waals surface area (Å²) in [6, 6.07) is 15.0. The summed E-state index contributed by atoms with van der Waals surface area (Å²) in [5, 5.41) is 11.9. The van der Waals surface area contributed by atoms with Crippen LogP contribution in [0, 0.1) is 0 Å². The standard InChI is InChI=1S/C24H26N2O6S2/c1-16(14-30-2)32-20-11-18(10-19(12-20)31-9-8-17-6-4-3-5-7-17)23(29)26-24-25-13-22(34-24)33-15-21(27)28/h3-7,10-13,16H,8-9,14-15H2,1-2H3,(H,27,28)(H,25,26,29)/t16-/m0/s1. The molecule has 0 bridgehead atoms. The van der Waals surface area contributed by atoms with Gasteiger partial charge in [-0.2, -0.15) is 0 Å². The number of benzene rings is 2. The number of amides is 1. The zero-order valence-electron chi connectivity index (χ0n) is 18.9. The van der Waals surface area contributed by atoms with E-state index in [0.29, 0.717) is 39.6 Å². The van der Waals surface area contributed by atoms with Crippen LogP contribution >= 0.6 is 23.1 Å². The first-order chi connectivity index (χ1) is 16.4. The molecule has 10 heteroatoms. The highest BCUT2D eigenvalue weighted by atomic mass is 32.2. The summed E-state index contributed by atoms with van der Waals surface area (Å²) in [6.45, 7) is 2.72. The molecule has 0 unspecified atom stereocenters. The van der Waals surface area contributed by atoms with Gasteiger partial charge in [0.15, 0.2) is 5.13 Å². The van der Waals surface area contributed by atoms with Gasteiger partial charge in [-0.05, 0) is 24.6 Å². The summed E-state index contributed by atoms with van der Waals surface area (Å²) >= 11 is 2.36. The van der Waals surface area contributed by atoms with Crippen molar-refractivity contribution < 1.29 is 28.9 Å². The lowest BCUT2D eigenvalue weighted by atomic mass is 10.1. The Labute approximate surface area is 206 Å². The van der Waals surface area contributed by atoms with Crippen molar-refractivity contribution in [2.24, 2.45) is 0 Å². The number of hydrogen-bond donors (Lipinski definition) is 2. The van der Waals surface area contributed by atoms with Crippen LogP contribution in [0.25, 0.3) is 0 Å². The predicted octanol–water partition coefficient (Wildman–Crippen LogP) is 4.61. The number of rotatable bonds is 13. The second-order valence-electron chi connectivity index (χ2n) is 7.28. The number of ether oxygens (including phenoxy) is 3. The first kappa shape index (κ1) is 25.5. The van der Waals surface area contributed by atoms with Gasteiger partial charge in [0.05, 0.1) is 29.4 Å². The molecule has 1 atom stereocenters. The van der Waals surface area contributed by atoms with Crippen LogP contribution in [-0.4, -0.2) is 54.1 Å². The van der Waals surface area contributed by atoms with Crippen LogP contribution in [0.15, 0.2) is 58.9 Å². The number of thioether (sulfide) groups is 1. The van der Waals surface area contributed by atoms with Crippen molar-refractivity contribution in [2.45, 2.75) is 23.7 Å². The fourth-order valence-electron chi connectivity index (χ4n) is 2.97. The van der Waals surface area contributed by atoms with Crippen molar-refractivity contribution in [1.29, 1.82) is 0 Å². The lowest BCUT2D eigenvalue weighted by molar-refractivity contribution is -0.133. The smallest absolute Gasteiger partial charge is 0.313 e. The minimum Gasteiger partial charge on any atom is -0.493 e. The van der Waals surface area contributed by atoms with E-state index < -0.39 is 5.97 Å². The molecule has 0 saturated heterocycles. The van der Waals surface area contributed by atoms with Gasteiger partial charge in [0, 0.05) is 25.2 Å². The van der Waals surface area contributed by atoms with E-state index in [-0.39, 0.29) is 17.8 Å². The van der Waals surface area contributed by atoms with Gasteiger partial charge >= 0.3 is 5.97 Å². The Kier molecular flexibility index (Phi) is 9.75. The summed E-state index contributed by atoms with van der Waals surface area (Å²) in [5.74, 6) is -0.354. The number of hydrogen-bond acceptors (Lipinski definition) is 8. The van der Waals surface area contributed by atoms with Crippen LogP contribution in [0.5, 0.6) is 11.5 Å². The molecule has 8 nitrogen and oxygen atoms in total. The number of methoxy groups -OCH3 is 1. The minimum atomic E-state index is -0.914. The van der Waals surface area contributed by atoms with Crippen molar-refractivity contribution in [3.63, 3.8) is 0 Å². The van der Waals surface area contributed by atoms with E-state index in [4.69, 9.17) is 19.3 Å². The minimum absolute atomic E-state index is 0.0711. The molecule has 34 heavy (non-hydrogen) atoms. The molecular weight excluding hydrogens is 476 g/mol. The van der Waals surface area contributed by atoms with E-state index in [1.165, 1.54) is 17.5 Å². The van der Waals surface area contributed by atoms with E-state index >= 15 is 0 Å². The monoisotopic (exact) mass is 502 g/mol. The van der Waals surface area contributed by atoms with Crippen molar-refractivity contribution in [2.75, 3.05) is 31.4 Å². The number of nitrogens with zero attached hydrogens (tertiary/aromatic N) is 1. The molecule has 180 valence electrons. The van der Waals surface area contributed by atoms with E-state index in [2.05, 4.69) is 10.3 Å². The Morgan fingerprint density at radius 3 is 2.68 bits per heavy atom. The molecule has 0 aliphatic carbocycles. The zero-order valence-corrected chi connectivity index (χ0v) is 20.5. The number of thiazole rings is 1. The number of carbonyl (C=O) groups excluding carboxylic acids is 1. The number of nitrogens with one attached hydrogen (secondary N) is 1. The summed E-state index contributed by atoms with van der Waals surface area (Å²) in [7, 11) is 1.60. The molecule has 0 fully saturated rings. The van der Waals surface area contributed by atoms with Gasteiger partial charge < -0.3 is 19.3 Å². The second-order valence-corrected chi connectivity index (χ2v) is 9.59. The average Bonchev–Trinajstić information content (AvgIpc) is 3.25. The normalized spacial score (nSPS) is 11.6. The Morgan fingerprint density at radius 2 is 1.94 bits per heavy atom. The van der Waals surface area contributed by atoms with Gasteiger partial charge in [0.2, 0.25) is 0 Å². The van der Waals surface area contributed by atoms with Crippen LogP contribution in [0.4, 0.5) is 5.13 Å². The van der Waals surface area contributed by atoms with Crippen molar-refractivity contribution in [1.82, 2.24) is 4.98 Å². The molecule has 1 aromatic heterocycles. The summed E-state index contributed by atoms with van der Waals surface area (Å²) in [4.78, 5) is 27.8. The zero-order chi connectivity index (χ0) is 24.3. The molecule has 1 heterocycles. The Bertz CT molecular complexity index is 1090. The molecule has 0 radical (unpaired) electrons. The third-order valence-electron chi connectivity index (χ3n) is 4.43. The number of carboxylic acids is 1. The average molecular weight is 503 g/mol. The fourth-order valence-corrected chi connectivity index (χ4v) is 4.56. The highest BCUT2D eigenvalue weighted by Gasteiger charge is 2.15. The van der Waals surface area contributed by atoms with E-state index in [9.17, 15) is 9.59 Å². The first-order valence-electron chi connectivity index (χ1n) is 10.5. The molecular formula is C24H26N2O6S2. The largest absolute Gasteiger partial charge is 0.493 e. The maximum atomic E-state index is 12.9. The molecule has 0 saturated carbocycles. The van der Waals surface area contributed by atoms with E-state index in [1.54, 1.807) is 25.3 Å². The third-order valence-corrected chi connectivity index (χ3v) is 6.52. The van der Waals surface area contributed by atoms with Gasteiger partial charge in [-0.3, -0.25) is 14.9 Å². The Hall–Kier alpha value is -3.08. The highest BCUT2D eigenvalue weighted by Crippen LogP contribution is 2.29. The number of carbonyl (C=O) groups is 2. The van der Waals surface area contributed by atoms with E-state index in [0.717, 1.165) is 23.7 Å². The molecule has 0 aliphatic heterocycles. The van der Waals surface area contributed by atoms with Crippen molar-refractivity contribution >= 4 is 40.1 Å². The van der Waals surface area contributed by atoms with Gasteiger partial charge in [-0.1, -0.05) is 41.7 Å². The maximum absolute atomic E-state index is 12.9. The SMILES string of the molecule is COC[C@H](C)Oc1cc(OCCc2ccccc2)cc(C(=O)Nc2ncc(SCC(=O)O)s2)c1. The van der Waals surface area contributed by atoms with Crippen LogP contribution in [0.3, 0.4) is 0 Å². The van der Waals surface area contributed by atoms with E-state index in [1.807, 2.05) is 37.3 Å². The molecule has 3 rings (SSSR count). The van der Waals surface area contributed by atoms with Crippen LogP contribution in [0.2, 0.25) is 0 Å². The topological polar surface area (TPSA) is 107 Å². The Morgan fingerprint density at radius 1 is 1.18 bits per heavy atom. The molecule has 2 N–H and O–H groups in total. The van der Waals surface area contributed by atoms with Gasteiger partial charge in [-0.25, -0.2) is 4.98 Å².